The number of hydrogen-bond donors (Lipinski definition) is 2. The second-order valence-electron chi connectivity index (χ2n) is 9.39. The fraction of sp³-hybridized carbons (Fsp3) is 0.323. The topological polar surface area (TPSA) is 79.1 Å². The van der Waals surface area contributed by atoms with E-state index in [-0.39, 0.29) is 11.5 Å². The zero-order valence-electron chi connectivity index (χ0n) is 21.1. The zero-order valence-corrected chi connectivity index (χ0v) is 21.1. The van der Waals surface area contributed by atoms with Gasteiger partial charge < -0.3 is 10.2 Å². The predicted molar refractivity (Wildman–Crippen MR) is 144 cm³/mol. The summed E-state index contributed by atoms with van der Waals surface area (Å²) >= 11 is 0. The molecule has 0 saturated carbocycles. The molecule has 5 nitrogen and oxygen atoms in total. The van der Waals surface area contributed by atoms with E-state index in [0.29, 0.717) is 23.0 Å². The molecule has 2 aliphatic rings. The van der Waals surface area contributed by atoms with Gasteiger partial charge in [0.15, 0.2) is 17.5 Å². The lowest BCUT2D eigenvalue weighted by Crippen LogP contribution is -2.05. The molecular formula is C31H33N3O2. The van der Waals surface area contributed by atoms with Crippen molar-refractivity contribution in [3.05, 3.63) is 76.9 Å². The summed E-state index contributed by atoms with van der Waals surface area (Å²) in [4.78, 5) is 14.4. The van der Waals surface area contributed by atoms with Gasteiger partial charge in [0.05, 0.1) is 5.56 Å². The molecule has 2 aliphatic carbocycles. The molecule has 2 N–H and O–H groups in total. The monoisotopic (exact) mass is 479 g/mol. The number of fused-ring (bicyclic) bond motifs is 2. The summed E-state index contributed by atoms with van der Waals surface area (Å²) in [5.74, 6) is 1.53. The van der Waals surface area contributed by atoms with Gasteiger partial charge in [-0.05, 0) is 97.9 Å². The third-order valence-corrected chi connectivity index (χ3v) is 7.07. The van der Waals surface area contributed by atoms with Crippen LogP contribution in [0.1, 0.15) is 61.8 Å². The predicted octanol–water partition coefficient (Wildman–Crippen LogP) is 7.07. The molecule has 4 aromatic rings. The Morgan fingerprint density at radius 2 is 1.00 bits per heavy atom. The fourth-order valence-corrected chi connectivity index (χ4v) is 5.21. The van der Waals surface area contributed by atoms with E-state index in [1.54, 1.807) is 6.07 Å². The average molecular weight is 480 g/mol. The van der Waals surface area contributed by atoms with E-state index in [9.17, 15) is 10.2 Å². The summed E-state index contributed by atoms with van der Waals surface area (Å²) in [6.07, 6.45) is 9.31. The largest absolute Gasteiger partial charge is 0.508 e. The quantitative estimate of drug-likeness (QED) is 0.329. The van der Waals surface area contributed by atoms with Crippen LogP contribution in [0.3, 0.4) is 0 Å². The number of aromatic hydroxyl groups is 2. The number of phenols is 2. The Hall–Kier alpha value is -3.73. The Labute approximate surface area is 212 Å². The lowest BCUT2D eigenvalue weighted by molar-refractivity contribution is 0.451. The zero-order chi connectivity index (χ0) is 25.1. The maximum atomic E-state index is 10.5. The molecule has 5 heteroatoms. The van der Waals surface area contributed by atoms with Crippen LogP contribution in [-0.2, 0) is 25.7 Å². The van der Waals surface area contributed by atoms with Crippen molar-refractivity contribution >= 4 is 0 Å². The van der Waals surface area contributed by atoms with Crippen LogP contribution >= 0.6 is 0 Å². The maximum Gasteiger partial charge on any atom is 0.167 e. The van der Waals surface area contributed by atoms with Crippen LogP contribution in [0.15, 0.2) is 54.6 Å². The Morgan fingerprint density at radius 1 is 0.528 bits per heavy atom. The summed E-state index contributed by atoms with van der Waals surface area (Å²) < 4.78 is 0. The van der Waals surface area contributed by atoms with Gasteiger partial charge in [0.25, 0.3) is 0 Å². The third kappa shape index (κ3) is 4.83. The second-order valence-corrected chi connectivity index (χ2v) is 9.39. The van der Waals surface area contributed by atoms with Gasteiger partial charge in [-0.25, -0.2) is 15.0 Å². The molecule has 0 unspecified atom stereocenters. The van der Waals surface area contributed by atoms with E-state index in [2.05, 4.69) is 36.4 Å². The van der Waals surface area contributed by atoms with Crippen molar-refractivity contribution in [2.45, 2.75) is 65.2 Å². The molecule has 0 spiro atoms. The van der Waals surface area contributed by atoms with Crippen LogP contribution in [0.25, 0.3) is 34.2 Å². The van der Waals surface area contributed by atoms with Gasteiger partial charge >= 0.3 is 0 Å². The molecule has 1 aromatic heterocycles. The first kappa shape index (κ1) is 24.0. The van der Waals surface area contributed by atoms with Crippen molar-refractivity contribution < 1.29 is 10.2 Å². The highest BCUT2D eigenvalue weighted by Crippen LogP contribution is 2.34. The number of phenolic OH excluding ortho intramolecular Hbond substituents is 2. The van der Waals surface area contributed by atoms with E-state index in [0.717, 1.165) is 36.8 Å². The van der Waals surface area contributed by atoms with E-state index in [1.807, 2.05) is 13.8 Å². The molecule has 0 bridgehead atoms. The van der Waals surface area contributed by atoms with E-state index in [4.69, 9.17) is 15.0 Å². The summed E-state index contributed by atoms with van der Waals surface area (Å²) in [7, 11) is 0. The average Bonchev–Trinajstić information content (AvgIpc) is 2.93. The number of nitrogens with zero attached hydrogens (tertiary/aromatic N) is 3. The first-order valence-electron chi connectivity index (χ1n) is 13.2. The molecule has 0 amide bonds. The summed E-state index contributed by atoms with van der Waals surface area (Å²) in [5.41, 5.74) is 7.95. The molecule has 0 fully saturated rings. The van der Waals surface area contributed by atoms with Crippen LogP contribution in [0.5, 0.6) is 11.5 Å². The third-order valence-electron chi connectivity index (χ3n) is 7.07. The molecule has 0 radical (unpaired) electrons. The smallest absolute Gasteiger partial charge is 0.167 e. The Kier molecular flexibility index (Phi) is 6.99. The minimum absolute atomic E-state index is 0.000118. The Bertz CT molecular complexity index is 1320. The Morgan fingerprint density at radius 3 is 1.50 bits per heavy atom. The summed E-state index contributed by atoms with van der Waals surface area (Å²) in [6.45, 7) is 4.00. The van der Waals surface area contributed by atoms with Gasteiger partial charge in [0, 0.05) is 17.2 Å². The lowest BCUT2D eigenvalue weighted by atomic mass is 9.90. The van der Waals surface area contributed by atoms with Crippen LogP contribution in [-0.4, -0.2) is 25.2 Å². The Balaban J connectivity index is 0.00000130. The van der Waals surface area contributed by atoms with Crippen molar-refractivity contribution in [3.8, 4) is 45.7 Å². The van der Waals surface area contributed by atoms with Gasteiger partial charge in [-0.15, -0.1) is 0 Å². The molecule has 0 atom stereocenters. The lowest BCUT2D eigenvalue weighted by Gasteiger charge is -2.17. The van der Waals surface area contributed by atoms with Crippen LogP contribution in [0.2, 0.25) is 0 Å². The first-order chi connectivity index (χ1) is 17.6. The van der Waals surface area contributed by atoms with Gasteiger partial charge in [0.1, 0.15) is 11.5 Å². The van der Waals surface area contributed by atoms with Crippen molar-refractivity contribution in [3.63, 3.8) is 0 Å². The van der Waals surface area contributed by atoms with Gasteiger partial charge in [0.2, 0.25) is 0 Å². The fourth-order valence-electron chi connectivity index (χ4n) is 5.21. The van der Waals surface area contributed by atoms with Crippen molar-refractivity contribution in [1.29, 1.82) is 0 Å². The van der Waals surface area contributed by atoms with Crippen molar-refractivity contribution in [2.75, 3.05) is 0 Å². The van der Waals surface area contributed by atoms with E-state index < -0.39 is 0 Å². The highest BCUT2D eigenvalue weighted by atomic mass is 16.3. The van der Waals surface area contributed by atoms with E-state index in [1.165, 1.54) is 60.1 Å². The van der Waals surface area contributed by atoms with Crippen LogP contribution in [0, 0.1) is 0 Å². The van der Waals surface area contributed by atoms with Gasteiger partial charge in [-0.3, -0.25) is 0 Å². The first-order valence-corrected chi connectivity index (χ1v) is 13.2. The summed E-state index contributed by atoms with van der Waals surface area (Å²) in [5, 5.41) is 20.3. The molecule has 184 valence electrons. The van der Waals surface area contributed by atoms with Crippen LogP contribution in [0.4, 0.5) is 0 Å². The van der Waals surface area contributed by atoms with Crippen molar-refractivity contribution in [1.82, 2.24) is 15.0 Å². The highest BCUT2D eigenvalue weighted by molar-refractivity contribution is 5.71. The summed E-state index contributed by atoms with van der Waals surface area (Å²) in [6, 6.07) is 17.5. The normalized spacial score (nSPS) is 14.3. The van der Waals surface area contributed by atoms with Gasteiger partial charge in [-0.1, -0.05) is 38.1 Å². The number of hydrogen-bond acceptors (Lipinski definition) is 5. The van der Waals surface area contributed by atoms with Crippen LogP contribution < -0.4 is 0 Å². The molecular weight excluding hydrogens is 446 g/mol. The molecule has 1 heterocycles. The minimum Gasteiger partial charge on any atom is -0.508 e. The SMILES string of the molecule is CC.Oc1ccc(-c2nc(-c3ccc4c(c3)CCCC4)nc(-c3ccc4c(c3)CCCC4)n2)c(O)c1. The second kappa shape index (κ2) is 10.5. The molecule has 3 aromatic carbocycles. The molecule has 36 heavy (non-hydrogen) atoms. The number of aromatic nitrogens is 3. The number of benzene rings is 3. The molecule has 0 aliphatic heterocycles. The van der Waals surface area contributed by atoms with Gasteiger partial charge in [-0.2, -0.15) is 0 Å². The number of rotatable bonds is 3. The highest BCUT2D eigenvalue weighted by Gasteiger charge is 2.18. The van der Waals surface area contributed by atoms with E-state index >= 15 is 0 Å². The molecule has 0 saturated heterocycles. The maximum absolute atomic E-state index is 10.5. The van der Waals surface area contributed by atoms with Crippen molar-refractivity contribution in [2.24, 2.45) is 0 Å². The minimum atomic E-state index is -0.0565. The number of aryl methyl sites for hydroxylation is 4. The standard InChI is InChI=1S/C29H27N3O2.C2H6/c33-24-13-14-25(26(34)17-24)29-31-27(22-11-9-18-5-1-3-7-20(18)15-22)30-28(32-29)23-12-10-19-6-2-4-8-21(19)16-23;1-2/h9-17,33-34H,1-8H2;1-2H3. The molecule has 6 rings (SSSR count).